The normalized spacial score (nSPS) is 41.4. The summed E-state index contributed by atoms with van der Waals surface area (Å²) in [6.07, 6.45) is 18.8. The van der Waals surface area contributed by atoms with Gasteiger partial charge in [0, 0.05) is 0 Å². The molecule has 0 aromatic heterocycles. The molecule has 4 saturated carbocycles. The summed E-state index contributed by atoms with van der Waals surface area (Å²) in [6, 6.07) is 0. The van der Waals surface area contributed by atoms with Crippen LogP contribution in [0, 0.1) is 23.7 Å². The van der Waals surface area contributed by atoms with Gasteiger partial charge in [0.15, 0.2) is 0 Å². The lowest BCUT2D eigenvalue weighted by molar-refractivity contribution is 0.277. The van der Waals surface area contributed by atoms with Crippen LogP contribution in [-0.4, -0.2) is 21.6 Å². The van der Waals surface area contributed by atoms with Crippen LogP contribution in [0.1, 0.15) is 119 Å². The summed E-state index contributed by atoms with van der Waals surface area (Å²) in [7, 11) is 0.270. The quantitative estimate of drug-likeness (QED) is 0.397. The molecule has 0 nitrogen and oxygen atoms in total. The van der Waals surface area contributed by atoms with E-state index in [4.69, 9.17) is 0 Å². The van der Waals surface area contributed by atoms with Gasteiger partial charge in [0.1, 0.15) is 0 Å². The van der Waals surface area contributed by atoms with Gasteiger partial charge in [-0.1, -0.05) is 108 Å². The van der Waals surface area contributed by atoms with Crippen molar-refractivity contribution >= 4 is 15.2 Å². The molecule has 2 heteroatoms. The van der Waals surface area contributed by atoms with Gasteiger partial charge < -0.3 is 0 Å². The lowest BCUT2D eigenvalue weighted by Gasteiger charge is -2.50. The maximum Gasteiger partial charge on any atom is -0.0138 e. The zero-order chi connectivity index (χ0) is 20.1. The van der Waals surface area contributed by atoms with Gasteiger partial charge in [0.05, 0.1) is 0 Å². The molecule has 0 aromatic carbocycles. The zero-order valence-corrected chi connectivity index (χ0v) is 21.6. The predicted molar refractivity (Wildman–Crippen MR) is 130 cm³/mol. The van der Waals surface area contributed by atoms with Crippen LogP contribution in [0.5, 0.6) is 0 Å². The molecule has 4 aliphatic carbocycles. The van der Waals surface area contributed by atoms with Crippen LogP contribution in [0.2, 0.25) is 0 Å². The Kier molecular flexibility index (Phi) is 6.64. The van der Waals surface area contributed by atoms with Crippen molar-refractivity contribution in [1.29, 1.82) is 0 Å². The molecule has 28 heavy (non-hydrogen) atoms. The molecule has 0 aliphatic heterocycles. The SMILES string of the molecule is CC(C)(C)P(C1CC2CCCCC2C1)P(C1CC2CCCCC2C1)C(C)(C)C. The topological polar surface area (TPSA) is 0 Å². The van der Waals surface area contributed by atoms with Gasteiger partial charge in [0.25, 0.3) is 0 Å². The smallest absolute Gasteiger partial charge is 0.0138 e. The number of hydrogen-bond acceptors (Lipinski definition) is 0. The highest BCUT2D eigenvalue weighted by molar-refractivity contribution is 8.31. The van der Waals surface area contributed by atoms with E-state index < -0.39 is 0 Å². The molecular weight excluding hydrogens is 374 g/mol. The first-order valence-electron chi connectivity index (χ1n) is 12.7. The number of rotatable bonds is 3. The largest absolute Gasteiger partial charge is 0.0715 e. The maximum absolute atomic E-state index is 2.64. The summed E-state index contributed by atoms with van der Waals surface area (Å²) in [5.74, 6) is 4.42. The minimum Gasteiger partial charge on any atom is -0.0715 e. The molecular formula is C26H48P2. The van der Waals surface area contributed by atoms with Gasteiger partial charge >= 0.3 is 0 Å². The molecule has 4 fully saturated rings. The highest BCUT2D eigenvalue weighted by Crippen LogP contribution is 2.87. The molecule has 0 spiro atoms. The van der Waals surface area contributed by atoms with Crippen molar-refractivity contribution in [2.75, 3.05) is 0 Å². The van der Waals surface area contributed by atoms with Gasteiger partial charge in [-0.2, -0.15) is 0 Å². The summed E-state index contributed by atoms with van der Waals surface area (Å²) >= 11 is 0. The Morgan fingerprint density at radius 1 is 0.464 bits per heavy atom. The third-order valence-electron chi connectivity index (χ3n) is 8.73. The van der Waals surface area contributed by atoms with Crippen molar-refractivity contribution in [3.8, 4) is 0 Å². The summed E-state index contributed by atoms with van der Waals surface area (Å²) in [4.78, 5) is 0. The molecule has 4 rings (SSSR count). The molecule has 0 saturated heterocycles. The summed E-state index contributed by atoms with van der Waals surface area (Å²) < 4.78 is 0. The van der Waals surface area contributed by atoms with Gasteiger partial charge in [-0.05, 0) is 71.0 Å². The van der Waals surface area contributed by atoms with Gasteiger partial charge in [-0.3, -0.25) is 0 Å². The molecule has 0 radical (unpaired) electrons. The second-order valence-electron chi connectivity index (χ2n) is 12.9. The van der Waals surface area contributed by atoms with E-state index in [1.807, 2.05) is 0 Å². The molecule has 0 amide bonds. The van der Waals surface area contributed by atoms with E-state index in [0.717, 1.165) is 35.0 Å². The average Bonchev–Trinajstić information content (AvgIpc) is 3.20. The van der Waals surface area contributed by atoms with E-state index in [9.17, 15) is 0 Å². The van der Waals surface area contributed by atoms with E-state index in [1.54, 1.807) is 51.4 Å². The number of hydrogen-bond donors (Lipinski definition) is 0. The molecule has 6 atom stereocenters. The molecule has 0 aromatic rings. The minimum absolute atomic E-state index is 0.135. The second kappa shape index (κ2) is 8.42. The van der Waals surface area contributed by atoms with Crippen molar-refractivity contribution < 1.29 is 0 Å². The highest BCUT2D eigenvalue weighted by Gasteiger charge is 2.52. The van der Waals surface area contributed by atoms with Crippen LogP contribution >= 0.6 is 15.2 Å². The van der Waals surface area contributed by atoms with Gasteiger partial charge in [0.2, 0.25) is 0 Å². The van der Waals surface area contributed by atoms with Crippen LogP contribution < -0.4 is 0 Å². The molecule has 0 heterocycles. The first-order valence-corrected chi connectivity index (χ1v) is 16.3. The first kappa shape index (κ1) is 22.1. The lowest BCUT2D eigenvalue weighted by Crippen LogP contribution is -2.27. The van der Waals surface area contributed by atoms with E-state index in [-0.39, 0.29) is 15.2 Å². The third-order valence-corrected chi connectivity index (χ3v) is 21.1. The summed E-state index contributed by atoms with van der Waals surface area (Å²) in [6.45, 7) is 15.9. The monoisotopic (exact) mass is 422 g/mol. The van der Waals surface area contributed by atoms with Crippen molar-refractivity contribution in [1.82, 2.24) is 0 Å². The van der Waals surface area contributed by atoms with Crippen molar-refractivity contribution in [3.05, 3.63) is 0 Å². The highest BCUT2D eigenvalue weighted by atomic mass is 32.1. The zero-order valence-electron chi connectivity index (χ0n) is 19.8. The fourth-order valence-corrected chi connectivity index (χ4v) is 21.1. The lowest BCUT2D eigenvalue weighted by atomic mass is 9.82. The Labute approximate surface area is 179 Å². The third kappa shape index (κ3) is 4.55. The standard InChI is InChI=1S/C26H48P2/c1-25(2,3)27(23-15-19-11-7-8-12-20(19)16-23)28(26(4,5)6)24-17-21-13-9-10-14-22(21)18-24/h19-24H,7-18H2,1-6H3. The Balaban J connectivity index is 1.60. The average molecular weight is 423 g/mol. The Bertz CT molecular complexity index is 452. The molecule has 0 N–H and O–H groups in total. The molecule has 0 bridgehead atoms. The van der Waals surface area contributed by atoms with Gasteiger partial charge in [-0.25, -0.2) is 0 Å². The fraction of sp³-hybridized carbons (Fsp3) is 1.00. The summed E-state index contributed by atoms with van der Waals surface area (Å²) in [5.41, 5.74) is 2.19. The number of fused-ring (bicyclic) bond motifs is 2. The van der Waals surface area contributed by atoms with Crippen LogP contribution in [0.25, 0.3) is 0 Å². The van der Waals surface area contributed by atoms with E-state index in [0.29, 0.717) is 10.3 Å². The van der Waals surface area contributed by atoms with E-state index in [2.05, 4.69) is 41.5 Å². The first-order chi connectivity index (χ1) is 13.1. The minimum atomic E-state index is 0.135. The Hall–Kier alpha value is 0.860. The predicted octanol–water partition coefficient (Wildman–Crippen LogP) is 9.40. The molecule has 4 aliphatic rings. The summed E-state index contributed by atoms with van der Waals surface area (Å²) in [5, 5.41) is 1.08. The van der Waals surface area contributed by atoms with Crippen LogP contribution in [0.15, 0.2) is 0 Å². The Morgan fingerprint density at radius 2 is 0.714 bits per heavy atom. The van der Waals surface area contributed by atoms with Crippen LogP contribution in [-0.2, 0) is 0 Å². The van der Waals surface area contributed by atoms with Gasteiger partial charge in [-0.15, -0.1) is 0 Å². The maximum atomic E-state index is 2.64. The molecule has 6 unspecified atom stereocenters. The van der Waals surface area contributed by atoms with Crippen molar-refractivity contribution in [3.63, 3.8) is 0 Å². The van der Waals surface area contributed by atoms with Crippen LogP contribution in [0.4, 0.5) is 0 Å². The fourth-order valence-electron chi connectivity index (χ4n) is 7.89. The Morgan fingerprint density at radius 3 is 0.929 bits per heavy atom. The van der Waals surface area contributed by atoms with E-state index in [1.165, 1.54) is 25.7 Å². The van der Waals surface area contributed by atoms with Crippen LogP contribution in [0.3, 0.4) is 0 Å². The molecule has 162 valence electrons. The van der Waals surface area contributed by atoms with Crippen molar-refractivity contribution in [2.45, 2.75) is 140 Å². The van der Waals surface area contributed by atoms with Crippen molar-refractivity contribution in [2.24, 2.45) is 23.7 Å². The van der Waals surface area contributed by atoms with E-state index >= 15 is 0 Å². The second-order valence-corrected chi connectivity index (χ2v) is 21.0.